The molecule has 202 valence electrons. The van der Waals surface area contributed by atoms with E-state index in [4.69, 9.17) is 4.74 Å². The average molecular weight is 526 g/mol. The number of carbonyl (C=O) groups excluding carboxylic acids is 3. The fourth-order valence-electron chi connectivity index (χ4n) is 6.02. The number of carbonyl (C=O) groups is 3. The molecule has 11 heteroatoms. The fraction of sp³-hybridized carbons (Fsp3) is 0.556. The van der Waals surface area contributed by atoms with Crippen LogP contribution in [0.15, 0.2) is 34.8 Å². The third-order valence-electron chi connectivity index (χ3n) is 8.14. The van der Waals surface area contributed by atoms with Gasteiger partial charge in [0.2, 0.25) is 0 Å². The molecule has 5 aliphatic rings. The van der Waals surface area contributed by atoms with E-state index in [-0.39, 0.29) is 47.6 Å². The Hall–Kier alpha value is -3.63. The lowest BCUT2D eigenvalue weighted by Crippen LogP contribution is -2.61. The summed E-state index contributed by atoms with van der Waals surface area (Å²) in [5, 5.41) is 17.1. The maximum absolute atomic E-state index is 14.0. The summed E-state index contributed by atoms with van der Waals surface area (Å²) in [6, 6.07) is 3.16. The average Bonchev–Trinajstić information content (AvgIpc) is 3.68. The quantitative estimate of drug-likeness (QED) is 0.602. The highest BCUT2D eigenvalue weighted by Crippen LogP contribution is 2.44. The summed E-state index contributed by atoms with van der Waals surface area (Å²) in [6.07, 6.45) is 4.12. The summed E-state index contributed by atoms with van der Waals surface area (Å²) in [4.78, 5) is 46.2. The van der Waals surface area contributed by atoms with Gasteiger partial charge in [-0.3, -0.25) is 14.4 Å². The molecule has 3 amide bonds. The monoisotopic (exact) mass is 525 g/mol. The maximum Gasteiger partial charge on any atom is 0.274 e. The van der Waals surface area contributed by atoms with Gasteiger partial charge in [-0.1, -0.05) is 6.07 Å². The molecule has 1 aromatic rings. The van der Waals surface area contributed by atoms with Gasteiger partial charge in [0, 0.05) is 43.9 Å². The number of piperazine rings is 1. The number of nitrogens with zero attached hydrogens (tertiary/aromatic N) is 5. The van der Waals surface area contributed by atoms with Crippen molar-refractivity contribution in [2.75, 3.05) is 26.7 Å². The van der Waals surface area contributed by atoms with Crippen molar-refractivity contribution in [2.24, 2.45) is 11.0 Å². The molecule has 4 heterocycles. The zero-order chi connectivity index (χ0) is 26.7. The van der Waals surface area contributed by atoms with Gasteiger partial charge < -0.3 is 24.5 Å². The number of aliphatic hydroxyl groups is 1. The first-order valence-corrected chi connectivity index (χ1v) is 13.3. The number of hydrogen-bond acceptors (Lipinski definition) is 7. The second-order valence-electron chi connectivity index (χ2n) is 10.9. The molecule has 1 aromatic carbocycles. The van der Waals surface area contributed by atoms with Gasteiger partial charge in [-0.2, -0.15) is 5.10 Å². The number of halogens is 1. The minimum Gasteiger partial charge on any atom is -0.509 e. The number of ether oxygens (including phenoxy) is 1. The molecular formula is C27H32FN5O5. The van der Waals surface area contributed by atoms with Gasteiger partial charge in [0.05, 0.1) is 19.2 Å². The normalized spacial score (nSPS) is 28.4. The smallest absolute Gasteiger partial charge is 0.274 e. The fourth-order valence-corrected chi connectivity index (χ4v) is 6.02. The van der Waals surface area contributed by atoms with Crippen molar-refractivity contribution in [3.05, 3.63) is 41.0 Å². The Morgan fingerprint density at radius 3 is 2.66 bits per heavy atom. The molecule has 1 aliphatic carbocycles. The molecule has 38 heavy (non-hydrogen) atoms. The van der Waals surface area contributed by atoms with Crippen LogP contribution < -0.4 is 4.74 Å². The van der Waals surface area contributed by atoms with Crippen molar-refractivity contribution in [3.8, 4) is 5.75 Å². The minimum absolute atomic E-state index is 0.0710. The maximum atomic E-state index is 14.0. The minimum atomic E-state index is -1.14. The second kappa shape index (κ2) is 9.28. The van der Waals surface area contributed by atoms with Gasteiger partial charge in [0.1, 0.15) is 34.7 Å². The summed E-state index contributed by atoms with van der Waals surface area (Å²) in [5.74, 6) is -2.77. The van der Waals surface area contributed by atoms with Crippen LogP contribution in [0.3, 0.4) is 0 Å². The number of fused-ring (bicyclic) bond motifs is 6. The Morgan fingerprint density at radius 2 is 1.89 bits per heavy atom. The van der Waals surface area contributed by atoms with E-state index < -0.39 is 23.7 Å². The Morgan fingerprint density at radius 1 is 1.11 bits per heavy atom. The topological polar surface area (TPSA) is 106 Å². The summed E-state index contributed by atoms with van der Waals surface area (Å²) in [7, 11) is 1.70. The van der Waals surface area contributed by atoms with Crippen LogP contribution in [0.1, 0.15) is 44.6 Å². The molecule has 0 spiro atoms. The van der Waals surface area contributed by atoms with Crippen molar-refractivity contribution in [2.45, 2.75) is 63.7 Å². The van der Waals surface area contributed by atoms with E-state index in [1.165, 1.54) is 18.2 Å². The summed E-state index contributed by atoms with van der Waals surface area (Å²) in [6.45, 7) is 3.17. The molecule has 1 saturated heterocycles. The summed E-state index contributed by atoms with van der Waals surface area (Å²) in [5.41, 5.74) is 0.735. The molecule has 0 radical (unpaired) electrons. The molecule has 2 bridgehead atoms. The number of hydrogen-bond donors (Lipinski definition) is 1. The predicted octanol–water partition coefficient (Wildman–Crippen LogP) is 2.01. The molecule has 4 aliphatic heterocycles. The number of amides is 3. The highest BCUT2D eigenvalue weighted by molar-refractivity contribution is 6.42. The van der Waals surface area contributed by atoms with E-state index in [9.17, 15) is 23.9 Å². The van der Waals surface area contributed by atoms with Gasteiger partial charge in [-0.05, 0) is 45.1 Å². The number of benzene rings is 1. The largest absolute Gasteiger partial charge is 0.509 e. The van der Waals surface area contributed by atoms with Gasteiger partial charge in [-0.15, -0.1) is 0 Å². The van der Waals surface area contributed by atoms with Crippen molar-refractivity contribution in [1.29, 1.82) is 0 Å². The Bertz CT molecular complexity index is 1260. The molecule has 6 rings (SSSR count). The van der Waals surface area contributed by atoms with E-state index in [1.54, 1.807) is 21.7 Å². The summed E-state index contributed by atoms with van der Waals surface area (Å²) < 4.78 is 19.9. The number of hydrazone groups is 1. The number of aliphatic hydroxyl groups excluding tert-OH is 1. The molecular weight excluding hydrogens is 493 g/mol. The Kier molecular flexibility index (Phi) is 6.03. The van der Waals surface area contributed by atoms with E-state index in [0.717, 1.165) is 37.1 Å². The van der Waals surface area contributed by atoms with Crippen LogP contribution in [-0.4, -0.2) is 93.1 Å². The lowest BCUT2D eigenvalue weighted by molar-refractivity contribution is -0.139. The lowest BCUT2D eigenvalue weighted by Gasteiger charge is -2.44. The van der Waals surface area contributed by atoms with E-state index >= 15 is 0 Å². The van der Waals surface area contributed by atoms with Crippen LogP contribution in [0.2, 0.25) is 0 Å². The first-order chi connectivity index (χ1) is 18.3. The molecule has 1 saturated carbocycles. The van der Waals surface area contributed by atoms with Gasteiger partial charge in [0.25, 0.3) is 17.7 Å². The first kappa shape index (κ1) is 24.7. The molecule has 0 aromatic heterocycles. The van der Waals surface area contributed by atoms with Gasteiger partial charge in [-0.25, -0.2) is 9.40 Å². The highest BCUT2D eigenvalue weighted by atomic mass is 19.1. The second-order valence-corrected chi connectivity index (χ2v) is 10.9. The SMILES string of the molecule is C[C@H]1CN(C2CC2)C(=O)C2=C(O)C3C(=O)N4Cc5ccc(F)cc5OCCCCCN(C)C(=O)C(=N4)C3N21. The van der Waals surface area contributed by atoms with Crippen LogP contribution in [0.4, 0.5) is 4.39 Å². The van der Waals surface area contributed by atoms with E-state index in [2.05, 4.69) is 5.10 Å². The van der Waals surface area contributed by atoms with Crippen molar-refractivity contribution >= 4 is 23.4 Å². The third kappa shape index (κ3) is 3.99. The summed E-state index contributed by atoms with van der Waals surface area (Å²) >= 11 is 0. The van der Waals surface area contributed by atoms with E-state index in [1.807, 2.05) is 6.92 Å². The van der Waals surface area contributed by atoms with Crippen LogP contribution in [-0.2, 0) is 20.9 Å². The molecule has 1 N–H and O–H groups in total. The number of rotatable bonds is 1. The molecule has 10 nitrogen and oxygen atoms in total. The van der Waals surface area contributed by atoms with Gasteiger partial charge >= 0.3 is 0 Å². The third-order valence-corrected chi connectivity index (χ3v) is 8.14. The zero-order valence-corrected chi connectivity index (χ0v) is 21.6. The van der Waals surface area contributed by atoms with E-state index in [0.29, 0.717) is 31.0 Å². The Balaban J connectivity index is 1.44. The lowest BCUT2D eigenvalue weighted by atomic mass is 9.91. The molecule has 2 unspecified atom stereocenters. The first-order valence-electron chi connectivity index (χ1n) is 13.3. The zero-order valence-electron chi connectivity index (χ0n) is 21.6. The van der Waals surface area contributed by atoms with Crippen molar-refractivity contribution < 1.29 is 28.6 Å². The standard InChI is InChI=1S/C27H32FN5O5/c1-15-13-31(18-8-9-18)27(37)23-24(34)20-22(33(15)23)21-26(36)30(2)10-4-3-5-11-38-19-12-17(28)7-6-16(19)14-32(29-21)25(20)35/h6-7,12,15,18,20,22,34H,3-5,8-11,13-14H2,1-2H3/t15-,20?,22?/m0/s1. The van der Waals surface area contributed by atoms with Crippen molar-refractivity contribution in [1.82, 2.24) is 19.7 Å². The van der Waals surface area contributed by atoms with Crippen molar-refractivity contribution in [3.63, 3.8) is 0 Å². The van der Waals surface area contributed by atoms with Crippen LogP contribution >= 0.6 is 0 Å². The van der Waals surface area contributed by atoms with Crippen LogP contribution in [0.5, 0.6) is 5.75 Å². The molecule has 3 atom stereocenters. The highest BCUT2D eigenvalue weighted by Gasteiger charge is 2.59. The van der Waals surface area contributed by atoms with Crippen LogP contribution in [0, 0.1) is 11.7 Å². The van der Waals surface area contributed by atoms with Crippen LogP contribution in [0.25, 0.3) is 0 Å². The predicted molar refractivity (Wildman–Crippen MR) is 134 cm³/mol. The Labute approximate surface area is 220 Å². The molecule has 2 fully saturated rings. The van der Waals surface area contributed by atoms with Gasteiger partial charge in [0.15, 0.2) is 0 Å².